The van der Waals surface area contributed by atoms with E-state index < -0.39 is 0 Å². The Kier molecular flexibility index (Phi) is 11.1. The van der Waals surface area contributed by atoms with E-state index in [0.717, 1.165) is 33.9 Å². The summed E-state index contributed by atoms with van der Waals surface area (Å²) in [7, 11) is 0. The van der Waals surface area contributed by atoms with Crippen molar-refractivity contribution >= 4 is 35.2 Å². The SMILES string of the molecule is OCCN(CCO)c1ccc(C=Nc2ccc(N=Cc3ccc(N(CCO)CCO)cc3)cc2)cc1. The molecule has 0 bridgehead atoms. The second-order valence-corrected chi connectivity index (χ2v) is 8.08. The summed E-state index contributed by atoms with van der Waals surface area (Å²) in [5.74, 6) is 0. The van der Waals surface area contributed by atoms with Crippen LogP contribution in [-0.2, 0) is 0 Å². The van der Waals surface area contributed by atoms with Crippen molar-refractivity contribution in [2.24, 2.45) is 9.98 Å². The molecule has 0 aliphatic rings. The highest BCUT2D eigenvalue weighted by Gasteiger charge is 2.06. The lowest BCUT2D eigenvalue weighted by atomic mass is 10.2. The van der Waals surface area contributed by atoms with Crippen LogP contribution >= 0.6 is 0 Å². The second kappa shape index (κ2) is 14.8. The van der Waals surface area contributed by atoms with E-state index >= 15 is 0 Å². The molecule has 0 saturated carbocycles. The highest BCUT2D eigenvalue weighted by atomic mass is 16.3. The topological polar surface area (TPSA) is 112 Å². The quantitative estimate of drug-likeness (QED) is 0.259. The first-order chi connectivity index (χ1) is 17.7. The summed E-state index contributed by atoms with van der Waals surface area (Å²) in [6.45, 7) is 2.03. The largest absolute Gasteiger partial charge is 0.395 e. The Bertz CT molecular complexity index is 984. The molecule has 0 atom stereocenters. The van der Waals surface area contributed by atoms with Gasteiger partial charge in [-0.2, -0.15) is 0 Å². The number of benzene rings is 3. The number of hydrogen-bond donors (Lipinski definition) is 4. The Balaban J connectivity index is 1.58. The van der Waals surface area contributed by atoms with E-state index in [2.05, 4.69) is 9.98 Å². The van der Waals surface area contributed by atoms with Crippen molar-refractivity contribution in [3.63, 3.8) is 0 Å². The molecule has 0 fully saturated rings. The zero-order valence-corrected chi connectivity index (χ0v) is 20.3. The zero-order chi connectivity index (χ0) is 25.6. The lowest BCUT2D eigenvalue weighted by molar-refractivity contribution is 0.280. The molecule has 8 heteroatoms. The van der Waals surface area contributed by atoms with Crippen LogP contribution in [0.3, 0.4) is 0 Å². The maximum Gasteiger partial charge on any atom is 0.0631 e. The van der Waals surface area contributed by atoms with Crippen molar-refractivity contribution in [3.8, 4) is 0 Å². The van der Waals surface area contributed by atoms with Crippen molar-refractivity contribution in [3.05, 3.63) is 83.9 Å². The van der Waals surface area contributed by atoms with Gasteiger partial charge >= 0.3 is 0 Å². The average Bonchev–Trinajstić information content (AvgIpc) is 2.92. The van der Waals surface area contributed by atoms with Gasteiger partial charge in [-0.3, -0.25) is 9.98 Å². The van der Waals surface area contributed by atoms with Crippen molar-refractivity contribution in [2.45, 2.75) is 0 Å². The Morgan fingerprint density at radius 1 is 0.472 bits per heavy atom. The number of aliphatic hydroxyl groups is 4. The highest BCUT2D eigenvalue weighted by Crippen LogP contribution is 2.20. The van der Waals surface area contributed by atoms with Crippen molar-refractivity contribution < 1.29 is 20.4 Å². The molecule has 0 radical (unpaired) electrons. The summed E-state index contributed by atoms with van der Waals surface area (Å²) >= 11 is 0. The van der Waals surface area contributed by atoms with Gasteiger partial charge in [-0.05, 0) is 59.7 Å². The van der Waals surface area contributed by atoms with E-state index in [4.69, 9.17) is 0 Å². The molecule has 190 valence electrons. The van der Waals surface area contributed by atoms with E-state index in [0.29, 0.717) is 26.2 Å². The van der Waals surface area contributed by atoms with Crippen LogP contribution in [-0.4, -0.2) is 85.5 Å². The van der Waals surface area contributed by atoms with Crippen LogP contribution in [0.1, 0.15) is 11.1 Å². The van der Waals surface area contributed by atoms with Gasteiger partial charge in [0, 0.05) is 50.0 Å². The molecule has 3 aromatic carbocycles. The molecule has 3 rings (SSSR count). The summed E-state index contributed by atoms with van der Waals surface area (Å²) < 4.78 is 0. The number of rotatable bonds is 14. The van der Waals surface area contributed by atoms with Gasteiger partial charge in [0.2, 0.25) is 0 Å². The van der Waals surface area contributed by atoms with Crippen LogP contribution in [0.15, 0.2) is 82.8 Å². The molecular weight excluding hydrogens is 456 g/mol. The third kappa shape index (κ3) is 8.28. The predicted octanol–water partition coefficient (Wildman–Crippen LogP) is 2.77. The number of anilines is 2. The Hall–Kier alpha value is -3.56. The number of aliphatic imine (C=N–C) groups is 2. The van der Waals surface area contributed by atoms with Crippen LogP contribution in [0.2, 0.25) is 0 Å². The molecule has 8 nitrogen and oxygen atoms in total. The van der Waals surface area contributed by atoms with Crippen molar-refractivity contribution in [1.29, 1.82) is 0 Å². The fraction of sp³-hybridized carbons (Fsp3) is 0.286. The summed E-state index contributed by atoms with van der Waals surface area (Å²) in [6, 6.07) is 23.3. The third-order valence-corrected chi connectivity index (χ3v) is 5.57. The van der Waals surface area contributed by atoms with Crippen molar-refractivity contribution in [2.75, 3.05) is 62.4 Å². The fourth-order valence-corrected chi connectivity index (χ4v) is 3.69. The minimum atomic E-state index is 0.0329. The highest BCUT2D eigenvalue weighted by molar-refractivity contribution is 5.84. The van der Waals surface area contributed by atoms with Crippen LogP contribution in [0.4, 0.5) is 22.7 Å². The standard InChI is InChI=1S/C28H34N4O4/c33-17-13-31(14-18-34)27-9-1-23(2-10-27)21-29-25-5-7-26(8-6-25)30-22-24-3-11-28(12-4-24)32(15-19-35)16-20-36/h1-12,21-22,33-36H,13-20H2. The molecule has 0 aromatic heterocycles. The zero-order valence-electron chi connectivity index (χ0n) is 20.3. The molecule has 0 heterocycles. The minimum Gasteiger partial charge on any atom is -0.395 e. The number of aliphatic hydroxyl groups excluding tert-OH is 4. The van der Waals surface area contributed by atoms with Crippen LogP contribution < -0.4 is 9.80 Å². The molecule has 0 unspecified atom stereocenters. The van der Waals surface area contributed by atoms with Gasteiger partial charge in [0.25, 0.3) is 0 Å². The van der Waals surface area contributed by atoms with E-state index in [1.54, 1.807) is 12.4 Å². The van der Waals surface area contributed by atoms with Crippen molar-refractivity contribution in [1.82, 2.24) is 0 Å². The van der Waals surface area contributed by atoms with Gasteiger partial charge in [0.15, 0.2) is 0 Å². The van der Waals surface area contributed by atoms with Crippen LogP contribution in [0.25, 0.3) is 0 Å². The Morgan fingerprint density at radius 2 is 0.778 bits per heavy atom. The van der Waals surface area contributed by atoms with E-state index in [-0.39, 0.29) is 26.4 Å². The lowest BCUT2D eigenvalue weighted by Gasteiger charge is -2.22. The molecule has 0 amide bonds. The third-order valence-electron chi connectivity index (χ3n) is 5.57. The first kappa shape index (κ1) is 27.0. The normalized spacial score (nSPS) is 11.4. The van der Waals surface area contributed by atoms with Gasteiger partial charge in [-0.15, -0.1) is 0 Å². The monoisotopic (exact) mass is 490 g/mol. The molecule has 3 aromatic rings. The smallest absolute Gasteiger partial charge is 0.0631 e. The molecular formula is C28H34N4O4. The van der Waals surface area contributed by atoms with Crippen LogP contribution in [0.5, 0.6) is 0 Å². The molecule has 36 heavy (non-hydrogen) atoms. The van der Waals surface area contributed by atoms with Gasteiger partial charge < -0.3 is 30.2 Å². The van der Waals surface area contributed by atoms with Gasteiger partial charge in [0.1, 0.15) is 0 Å². The first-order valence-corrected chi connectivity index (χ1v) is 12.0. The molecule has 4 N–H and O–H groups in total. The summed E-state index contributed by atoms with van der Waals surface area (Å²) in [5.41, 5.74) is 5.43. The summed E-state index contributed by atoms with van der Waals surface area (Å²) in [6.07, 6.45) is 3.59. The molecule has 0 spiro atoms. The maximum atomic E-state index is 9.19. The van der Waals surface area contributed by atoms with Gasteiger partial charge in [0.05, 0.1) is 37.8 Å². The van der Waals surface area contributed by atoms with E-state index in [9.17, 15) is 20.4 Å². The number of nitrogens with zero attached hydrogens (tertiary/aromatic N) is 4. The van der Waals surface area contributed by atoms with E-state index in [1.807, 2.05) is 82.6 Å². The van der Waals surface area contributed by atoms with Crippen LogP contribution in [0, 0.1) is 0 Å². The predicted molar refractivity (Wildman–Crippen MR) is 147 cm³/mol. The molecule has 0 saturated heterocycles. The summed E-state index contributed by atoms with van der Waals surface area (Å²) in [5, 5.41) is 36.8. The van der Waals surface area contributed by atoms with E-state index in [1.165, 1.54) is 0 Å². The van der Waals surface area contributed by atoms with Gasteiger partial charge in [-0.25, -0.2) is 0 Å². The Morgan fingerprint density at radius 3 is 1.06 bits per heavy atom. The molecule has 0 aliphatic heterocycles. The lowest BCUT2D eigenvalue weighted by Crippen LogP contribution is -2.29. The average molecular weight is 491 g/mol. The number of hydrogen-bond acceptors (Lipinski definition) is 8. The first-order valence-electron chi connectivity index (χ1n) is 12.0. The maximum absolute atomic E-state index is 9.19. The fourth-order valence-electron chi connectivity index (χ4n) is 3.69. The summed E-state index contributed by atoms with van der Waals surface area (Å²) in [4.78, 5) is 12.9. The van der Waals surface area contributed by atoms with Gasteiger partial charge in [-0.1, -0.05) is 24.3 Å². The second-order valence-electron chi connectivity index (χ2n) is 8.08. The minimum absolute atomic E-state index is 0.0329. The Labute approximate surface area is 212 Å². The molecule has 0 aliphatic carbocycles.